The van der Waals surface area contributed by atoms with Crippen molar-refractivity contribution in [2.45, 2.75) is 38.3 Å². The molecular formula is C16H23F2N3O. The van der Waals surface area contributed by atoms with E-state index in [1.165, 1.54) is 18.2 Å². The Labute approximate surface area is 129 Å². The highest BCUT2D eigenvalue weighted by molar-refractivity contribution is 5.76. The zero-order valence-corrected chi connectivity index (χ0v) is 12.7. The zero-order chi connectivity index (χ0) is 15.9. The highest BCUT2D eigenvalue weighted by Crippen LogP contribution is 2.18. The Balaban J connectivity index is 1.89. The summed E-state index contributed by atoms with van der Waals surface area (Å²) in [5.41, 5.74) is 5.48. The number of amides is 1. The molecule has 22 heavy (non-hydrogen) atoms. The average molecular weight is 311 g/mol. The Morgan fingerprint density at radius 3 is 2.77 bits per heavy atom. The molecule has 0 radical (unpaired) electrons. The fraction of sp³-hybridized carbons (Fsp3) is 0.562. The van der Waals surface area contributed by atoms with Gasteiger partial charge in [-0.05, 0) is 44.5 Å². The Kier molecular flexibility index (Phi) is 6.27. The minimum Gasteiger partial charge on any atom is -0.352 e. The lowest BCUT2D eigenvalue weighted by Gasteiger charge is -2.33. The van der Waals surface area contributed by atoms with Crippen molar-refractivity contribution in [1.29, 1.82) is 0 Å². The van der Waals surface area contributed by atoms with E-state index in [9.17, 15) is 13.6 Å². The number of nitrogens with zero attached hydrogens (tertiary/aromatic N) is 1. The Morgan fingerprint density at radius 1 is 1.36 bits per heavy atom. The van der Waals surface area contributed by atoms with Crippen LogP contribution in [0.5, 0.6) is 0 Å². The number of carbonyl (C=O) groups is 1. The van der Waals surface area contributed by atoms with Crippen molar-refractivity contribution in [2.75, 3.05) is 19.6 Å². The summed E-state index contributed by atoms with van der Waals surface area (Å²) in [6, 6.07) is 3.95. The first-order valence-electron chi connectivity index (χ1n) is 7.75. The van der Waals surface area contributed by atoms with E-state index in [4.69, 9.17) is 5.73 Å². The molecule has 1 amide bonds. The maximum atomic E-state index is 13.7. The molecule has 0 aliphatic carbocycles. The van der Waals surface area contributed by atoms with Crippen molar-refractivity contribution in [1.82, 2.24) is 10.2 Å². The van der Waals surface area contributed by atoms with E-state index in [2.05, 4.69) is 5.32 Å². The number of nitrogens with one attached hydrogen (secondary N) is 1. The van der Waals surface area contributed by atoms with Crippen LogP contribution in [0.3, 0.4) is 0 Å². The first-order chi connectivity index (χ1) is 10.6. The van der Waals surface area contributed by atoms with Crippen molar-refractivity contribution >= 4 is 5.91 Å². The largest absolute Gasteiger partial charge is 0.352 e. The number of likely N-dealkylation sites (tertiary alicyclic amines) is 1. The van der Waals surface area contributed by atoms with Gasteiger partial charge in [-0.3, -0.25) is 9.69 Å². The fourth-order valence-electron chi connectivity index (χ4n) is 2.79. The maximum Gasteiger partial charge on any atom is 0.220 e. The van der Waals surface area contributed by atoms with Gasteiger partial charge in [0.25, 0.3) is 0 Å². The second kappa shape index (κ2) is 8.19. The second-order valence-corrected chi connectivity index (χ2v) is 5.73. The highest BCUT2D eigenvalue weighted by atomic mass is 19.1. The quantitative estimate of drug-likeness (QED) is 0.842. The summed E-state index contributed by atoms with van der Waals surface area (Å²) in [5.74, 6) is -1.04. The van der Waals surface area contributed by atoms with Crippen molar-refractivity contribution in [2.24, 2.45) is 5.73 Å². The fourth-order valence-corrected chi connectivity index (χ4v) is 2.79. The number of halogens is 2. The summed E-state index contributed by atoms with van der Waals surface area (Å²) in [4.78, 5) is 13.7. The van der Waals surface area contributed by atoms with E-state index in [-0.39, 0.29) is 24.1 Å². The molecule has 1 aromatic carbocycles. The highest BCUT2D eigenvalue weighted by Gasteiger charge is 2.23. The molecule has 3 N–H and O–H groups in total. The van der Waals surface area contributed by atoms with Crippen LogP contribution in [0.2, 0.25) is 0 Å². The van der Waals surface area contributed by atoms with E-state index >= 15 is 0 Å². The van der Waals surface area contributed by atoms with Gasteiger partial charge < -0.3 is 11.1 Å². The second-order valence-electron chi connectivity index (χ2n) is 5.73. The predicted octanol–water partition coefficient (Wildman–Crippen LogP) is 1.78. The molecule has 0 bridgehead atoms. The van der Waals surface area contributed by atoms with Crippen LogP contribution in [-0.2, 0) is 11.3 Å². The first kappa shape index (κ1) is 16.8. The maximum absolute atomic E-state index is 13.7. The summed E-state index contributed by atoms with van der Waals surface area (Å²) in [5, 5.41) is 2.98. The molecule has 1 aliphatic rings. The van der Waals surface area contributed by atoms with E-state index in [1.807, 2.05) is 4.90 Å². The molecule has 1 aliphatic heterocycles. The molecular weight excluding hydrogens is 288 g/mol. The van der Waals surface area contributed by atoms with Gasteiger partial charge in [0.05, 0.1) is 0 Å². The van der Waals surface area contributed by atoms with Gasteiger partial charge in [0.2, 0.25) is 5.91 Å². The molecule has 1 aromatic rings. The van der Waals surface area contributed by atoms with E-state index in [0.717, 1.165) is 19.4 Å². The summed E-state index contributed by atoms with van der Waals surface area (Å²) in [6.45, 7) is 2.12. The number of carbonyl (C=O) groups excluding carboxylic acids is 1. The molecule has 6 heteroatoms. The number of hydrogen-bond acceptors (Lipinski definition) is 3. The van der Waals surface area contributed by atoms with E-state index in [0.29, 0.717) is 25.9 Å². The van der Waals surface area contributed by atoms with E-state index < -0.39 is 11.6 Å². The van der Waals surface area contributed by atoms with Crippen molar-refractivity contribution in [3.8, 4) is 0 Å². The lowest BCUT2D eigenvalue weighted by atomic mass is 10.0. The molecule has 0 saturated carbocycles. The standard InChI is InChI=1S/C16H23F2N3O/c17-14-5-1-6-15(18)13(14)11-21-9-3-4-12(10-21)20-16(22)7-2-8-19/h1,5-6,12H,2-4,7-11,19H2,(H,20,22). The minimum absolute atomic E-state index is 0.00521. The van der Waals surface area contributed by atoms with E-state index in [1.54, 1.807) is 0 Å². The van der Waals surface area contributed by atoms with Gasteiger partial charge in [0, 0.05) is 31.1 Å². The van der Waals surface area contributed by atoms with Crippen LogP contribution in [0.15, 0.2) is 18.2 Å². The number of benzene rings is 1. The van der Waals surface area contributed by atoms with Gasteiger partial charge in [-0.25, -0.2) is 8.78 Å². The predicted molar refractivity (Wildman–Crippen MR) is 81.1 cm³/mol. The van der Waals surface area contributed by atoms with Gasteiger partial charge in [-0.2, -0.15) is 0 Å². The third-order valence-electron chi connectivity index (χ3n) is 3.92. The monoisotopic (exact) mass is 311 g/mol. The molecule has 122 valence electrons. The molecule has 1 heterocycles. The zero-order valence-electron chi connectivity index (χ0n) is 12.7. The van der Waals surface area contributed by atoms with Crippen LogP contribution in [-0.4, -0.2) is 36.5 Å². The summed E-state index contributed by atoms with van der Waals surface area (Å²) < 4.78 is 27.4. The Hall–Kier alpha value is -1.53. The van der Waals surface area contributed by atoms with Crippen LogP contribution in [0.4, 0.5) is 8.78 Å². The third-order valence-corrected chi connectivity index (χ3v) is 3.92. The smallest absolute Gasteiger partial charge is 0.220 e. The molecule has 4 nitrogen and oxygen atoms in total. The molecule has 1 atom stereocenters. The SMILES string of the molecule is NCCCC(=O)NC1CCCN(Cc2c(F)cccc2F)C1. The Morgan fingerprint density at radius 2 is 2.09 bits per heavy atom. The van der Waals surface area contributed by atoms with Gasteiger partial charge in [0.1, 0.15) is 11.6 Å². The molecule has 0 spiro atoms. The summed E-state index contributed by atoms with van der Waals surface area (Å²) >= 11 is 0. The normalized spacial score (nSPS) is 19.1. The average Bonchev–Trinajstić information content (AvgIpc) is 2.49. The van der Waals surface area contributed by atoms with Crippen molar-refractivity contribution in [3.05, 3.63) is 35.4 Å². The summed E-state index contributed by atoms with van der Waals surface area (Å²) in [7, 11) is 0. The molecule has 1 unspecified atom stereocenters. The van der Waals surface area contributed by atoms with Gasteiger partial charge in [-0.15, -0.1) is 0 Å². The lowest BCUT2D eigenvalue weighted by molar-refractivity contribution is -0.122. The van der Waals surface area contributed by atoms with Crippen LogP contribution in [0.1, 0.15) is 31.2 Å². The number of rotatable bonds is 6. The molecule has 1 saturated heterocycles. The first-order valence-corrected chi connectivity index (χ1v) is 7.75. The lowest BCUT2D eigenvalue weighted by Crippen LogP contribution is -2.47. The van der Waals surface area contributed by atoms with Gasteiger partial charge >= 0.3 is 0 Å². The minimum atomic E-state index is -0.519. The number of hydrogen-bond donors (Lipinski definition) is 2. The van der Waals surface area contributed by atoms with Crippen LogP contribution in [0.25, 0.3) is 0 Å². The third kappa shape index (κ3) is 4.74. The Bertz CT molecular complexity index is 490. The van der Waals surface area contributed by atoms with Crippen LogP contribution >= 0.6 is 0 Å². The van der Waals surface area contributed by atoms with Crippen LogP contribution < -0.4 is 11.1 Å². The molecule has 2 rings (SSSR count). The van der Waals surface area contributed by atoms with Crippen molar-refractivity contribution in [3.63, 3.8) is 0 Å². The summed E-state index contributed by atoms with van der Waals surface area (Å²) in [6.07, 6.45) is 2.89. The van der Waals surface area contributed by atoms with Crippen molar-refractivity contribution < 1.29 is 13.6 Å². The number of piperidine rings is 1. The number of nitrogens with two attached hydrogens (primary N) is 1. The van der Waals surface area contributed by atoms with Crippen LogP contribution in [0, 0.1) is 11.6 Å². The molecule has 1 fully saturated rings. The van der Waals surface area contributed by atoms with Gasteiger partial charge in [0.15, 0.2) is 0 Å². The molecule has 0 aromatic heterocycles. The topological polar surface area (TPSA) is 58.4 Å². The van der Waals surface area contributed by atoms with Gasteiger partial charge in [-0.1, -0.05) is 6.07 Å².